The number of nitrogens with zero attached hydrogens (tertiary/aromatic N) is 4. The van der Waals surface area contributed by atoms with Crippen LogP contribution < -0.4 is 14.5 Å². The fourth-order valence-electron chi connectivity index (χ4n) is 4.91. The zero-order valence-corrected chi connectivity index (χ0v) is 21.8. The van der Waals surface area contributed by atoms with Crippen molar-refractivity contribution < 1.29 is 14.6 Å². The molecule has 0 atom stereocenters. The Hall–Kier alpha value is -4.04. The summed E-state index contributed by atoms with van der Waals surface area (Å²) in [6, 6.07) is 17.4. The number of aryl methyl sites for hydroxylation is 1. The highest BCUT2D eigenvalue weighted by Gasteiger charge is 2.23. The number of fused-ring (bicyclic) bond motifs is 1. The first-order chi connectivity index (χ1) is 17.8. The molecule has 3 aromatic carbocycles. The van der Waals surface area contributed by atoms with Gasteiger partial charge in [0.2, 0.25) is 0 Å². The molecule has 1 aliphatic heterocycles. The molecule has 1 saturated heterocycles. The van der Waals surface area contributed by atoms with Crippen molar-refractivity contribution in [1.82, 2.24) is 15.1 Å². The first-order valence-electron chi connectivity index (χ1n) is 12.5. The van der Waals surface area contributed by atoms with Gasteiger partial charge in [-0.3, -0.25) is 9.89 Å². The number of amides is 1. The first-order valence-corrected chi connectivity index (χ1v) is 12.5. The second-order valence-corrected chi connectivity index (χ2v) is 9.76. The van der Waals surface area contributed by atoms with Crippen molar-refractivity contribution in [2.45, 2.75) is 13.3 Å². The topological polar surface area (TPSA) is 84.9 Å². The normalized spacial score (nSPS) is 14.2. The minimum absolute atomic E-state index is 0.0869. The average Bonchev–Trinajstić information content (AvgIpc) is 3.28. The number of rotatable bonds is 6. The van der Waals surface area contributed by atoms with Gasteiger partial charge < -0.3 is 24.5 Å². The number of nitrogens with one attached hydrogen (secondary N) is 1. The summed E-state index contributed by atoms with van der Waals surface area (Å²) in [5.41, 5.74) is 5.77. The monoisotopic (exact) mass is 499 g/mol. The van der Waals surface area contributed by atoms with Crippen LogP contribution in [0.3, 0.4) is 0 Å². The quantitative estimate of drug-likeness (QED) is 0.414. The van der Waals surface area contributed by atoms with Gasteiger partial charge in [0.15, 0.2) is 0 Å². The number of benzene rings is 3. The Kier molecular flexibility index (Phi) is 6.76. The Balaban J connectivity index is 1.42. The average molecular weight is 500 g/mol. The van der Waals surface area contributed by atoms with Crippen LogP contribution in [0.4, 0.5) is 11.4 Å². The molecule has 1 aromatic heterocycles. The molecule has 1 amide bonds. The number of anilines is 2. The van der Waals surface area contributed by atoms with E-state index in [1.165, 1.54) is 10.5 Å². The van der Waals surface area contributed by atoms with Crippen LogP contribution in [0.25, 0.3) is 10.9 Å². The zero-order valence-electron chi connectivity index (χ0n) is 21.8. The Morgan fingerprint density at radius 2 is 1.89 bits per heavy atom. The number of aromatic nitrogens is 2. The van der Waals surface area contributed by atoms with Gasteiger partial charge in [-0.1, -0.05) is 29.8 Å². The molecule has 37 heavy (non-hydrogen) atoms. The van der Waals surface area contributed by atoms with Crippen molar-refractivity contribution in [3.8, 4) is 11.5 Å². The van der Waals surface area contributed by atoms with Crippen LogP contribution in [0.2, 0.25) is 0 Å². The zero-order chi connectivity index (χ0) is 26.1. The maximum atomic E-state index is 13.5. The summed E-state index contributed by atoms with van der Waals surface area (Å²) in [7, 11) is 5.48. The summed E-state index contributed by atoms with van der Waals surface area (Å²) in [5, 5.41) is 19.0. The van der Waals surface area contributed by atoms with E-state index in [4.69, 9.17) is 4.74 Å². The lowest BCUT2D eigenvalue weighted by Crippen LogP contribution is -2.44. The maximum absolute atomic E-state index is 13.5. The SMILES string of the molecule is COc1cc(N(C)C(=O)c2cc3c(Cc4cccc(C)c4)n[nH]c3cc2O)ccc1N1CCN(C)CC1. The van der Waals surface area contributed by atoms with Crippen molar-refractivity contribution in [2.75, 3.05) is 57.2 Å². The minimum atomic E-state index is -0.309. The van der Waals surface area contributed by atoms with Crippen LogP contribution >= 0.6 is 0 Å². The molecule has 5 rings (SSSR count). The van der Waals surface area contributed by atoms with Gasteiger partial charge in [0, 0.05) is 62.9 Å². The number of phenolic OH excluding ortho intramolecular Hbond substituents is 1. The van der Waals surface area contributed by atoms with Crippen molar-refractivity contribution in [1.29, 1.82) is 0 Å². The van der Waals surface area contributed by atoms with Crippen molar-refractivity contribution in [3.05, 3.63) is 77.0 Å². The van der Waals surface area contributed by atoms with E-state index in [1.54, 1.807) is 26.3 Å². The van der Waals surface area contributed by atoms with E-state index in [0.717, 1.165) is 54.3 Å². The fraction of sp³-hybridized carbons (Fsp3) is 0.310. The first kappa shape index (κ1) is 24.6. The molecule has 4 aromatic rings. The Labute approximate surface area is 217 Å². The number of carbonyl (C=O) groups excluding carboxylic acids is 1. The van der Waals surface area contributed by atoms with Gasteiger partial charge in [0.25, 0.3) is 5.91 Å². The van der Waals surface area contributed by atoms with Crippen LogP contribution in [0.5, 0.6) is 11.5 Å². The number of carbonyl (C=O) groups is 1. The summed E-state index contributed by atoms with van der Waals surface area (Å²) >= 11 is 0. The molecule has 2 heterocycles. The van der Waals surface area contributed by atoms with Crippen LogP contribution in [0.15, 0.2) is 54.6 Å². The number of ether oxygens (including phenoxy) is 1. The van der Waals surface area contributed by atoms with E-state index in [0.29, 0.717) is 17.6 Å². The van der Waals surface area contributed by atoms with Gasteiger partial charge >= 0.3 is 0 Å². The van der Waals surface area contributed by atoms with Crippen molar-refractivity contribution in [3.63, 3.8) is 0 Å². The van der Waals surface area contributed by atoms with E-state index in [-0.39, 0.29) is 17.2 Å². The fourth-order valence-corrected chi connectivity index (χ4v) is 4.91. The predicted octanol–water partition coefficient (Wildman–Crippen LogP) is 4.20. The smallest absolute Gasteiger partial charge is 0.261 e. The number of methoxy groups -OCH3 is 1. The summed E-state index contributed by atoms with van der Waals surface area (Å²) in [5.74, 6) is 0.323. The third-order valence-electron chi connectivity index (χ3n) is 7.14. The number of hydrogen-bond donors (Lipinski definition) is 2. The summed E-state index contributed by atoms with van der Waals surface area (Å²) in [6.07, 6.45) is 0.626. The molecule has 0 bridgehead atoms. The third kappa shape index (κ3) is 4.97. The van der Waals surface area contributed by atoms with Gasteiger partial charge in [-0.25, -0.2) is 0 Å². The van der Waals surface area contributed by atoms with Gasteiger partial charge in [0.05, 0.1) is 29.6 Å². The second-order valence-electron chi connectivity index (χ2n) is 9.76. The number of aromatic hydroxyl groups is 1. The number of aromatic amines is 1. The predicted molar refractivity (Wildman–Crippen MR) is 147 cm³/mol. The van der Waals surface area contributed by atoms with Crippen molar-refractivity contribution >= 4 is 28.2 Å². The highest BCUT2D eigenvalue weighted by Crippen LogP contribution is 2.34. The molecular weight excluding hydrogens is 466 g/mol. The van der Waals surface area contributed by atoms with E-state index < -0.39 is 0 Å². The van der Waals surface area contributed by atoms with Crippen molar-refractivity contribution in [2.24, 2.45) is 0 Å². The molecule has 0 aliphatic carbocycles. The highest BCUT2D eigenvalue weighted by atomic mass is 16.5. The molecule has 0 saturated carbocycles. The number of piperazine rings is 1. The Bertz CT molecular complexity index is 1440. The van der Waals surface area contributed by atoms with Gasteiger partial charge in [-0.2, -0.15) is 5.10 Å². The molecule has 8 heteroatoms. The van der Waals surface area contributed by atoms with Crippen LogP contribution in [-0.4, -0.2) is 73.5 Å². The molecule has 0 unspecified atom stereocenters. The maximum Gasteiger partial charge on any atom is 0.261 e. The molecular formula is C29H33N5O3. The lowest BCUT2D eigenvalue weighted by Gasteiger charge is -2.35. The lowest BCUT2D eigenvalue weighted by atomic mass is 10.0. The van der Waals surface area contributed by atoms with Crippen LogP contribution in [-0.2, 0) is 6.42 Å². The Morgan fingerprint density at radius 1 is 1.11 bits per heavy atom. The molecule has 0 radical (unpaired) electrons. The largest absolute Gasteiger partial charge is 0.507 e. The molecule has 0 spiro atoms. The highest BCUT2D eigenvalue weighted by molar-refractivity contribution is 6.10. The van der Waals surface area contributed by atoms with E-state index in [9.17, 15) is 9.90 Å². The third-order valence-corrected chi connectivity index (χ3v) is 7.14. The summed E-state index contributed by atoms with van der Waals surface area (Å²) in [6.45, 7) is 5.88. The number of likely N-dealkylation sites (N-methyl/N-ethyl adjacent to an activating group) is 1. The van der Waals surface area contributed by atoms with E-state index >= 15 is 0 Å². The van der Waals surface area contributed by atoms with E-state index in [2.05, 4.69) is 52.2 Å². The Morgan fingerprint density at radius 3 is 2.62 bits per heavy atom. The molecule has 2 N–H and O–H groups in total. The molecule has 8 nitrogen and oxygen atoms in total. The molecule has 192 valence electrons. The van der Waals surface area contributed by atoms with Crippen LogP contribution in [0.1, 0.15) is 27.2 Å². The molecule has 1 aliphatic rings. The van der Waals surface area contributed by atoms with Gasteiger partial charge in [-0.15, -0.1) is 0 Å². The standard InChI is InChI=1S/C29H33N5O3/c1-19-6-5-7-20(14-19)15-24-22-17-23(27(35)18-25(22)31-30-24)29(36)33(3)21-8-9-26(28(16-21)37-4)34-12-10-32(2)11-13-34/h5-9,14,16-18,35H,10-13,15H2,1-4H3,(H,30,31). The second kappa shape index (κ2) is 10.1. The summed E-state index contributed by atoms with van der Waals surface area (Å²) in [4.78, 5) is 19.7. The lowest BCUT2D eigenvalue weighted by molar-refractivity contribution is 0.0990. The van der Waals surface area contributed by atoms with Gasteiger partial charge in [-0.05, 0) is 37.7 Å². The minimum Gasteiger partial charge on any atom is -0.507 e. The van der Waals surface area contributed by atoms with Crippen LogP contribution in [0, 0.1) is 6.92 Å². The molecule has 1 fully saturated rings. The number of phenols is 1. The summed E-state index contributed by atoms with van der Waals surface area (Å²) < 4.78 is 5.70. The van der Waals surface area contributed by atoms with E-state index in [1.807, 2.05) is 24.3 Å². The number of hydrogen-bond acceptors (Lipinski definition) is 6. The van der Waals surface area contributed by atoms with Gasteiger partial charge in [0.1, 0.15) is 11.5 Å². The number of H-pyrrole nitrogens is 1.